The van der Waals surface area contributed by atoms with Gasteiger partial charge in [0.1, 0.15) is 24.4 Å². The molecule has 1 unspecified atom stereocenters. The molecule has 2 heterocycles. The first kappa shape index (κ1) is 32.3. The van der Waals surface area contributed by atoms with Crippen molar-refractivity contribution in [2.75, 3.05) is 19.9 Å². The van der Waals surface area contributed by atoms with Gasteiger partial charge in [0.05, 0.1) is 26.0 Å². The summed E-state index contributed by atoms with van der Waals surface area (Å²) in [7, 11) is -2.01. The molecule has 2 aromatic carbocycles. The van der Waals surface area contributed by atoms with E-state index in [2.05, 4.69) is 6.92 Å². The summed E-state index contributed by atoms with van der Waals surface area (Å²) in [5, 5.41) is 0. The third-order valence-corrected chi connectivity index (χ3v) is 9.31. The zero-order valence-electron chi connectivity index (χ0n) is 24.9. The van der Waals surface area contributed by atoms with E-state index in [0.717, 1.165) is 30.4 Å². The molecule has 2 fully saturated rings. The maximum absolute atomic E-state index is 14.2. The predicted molar refractivity (Wildman–Crippen MR) is 158 cm³/mol. The molecule has 0 radical (unpaired) electrons. The highest BCUT2D eigenvalue weighted by Crippen LogP contribution is 2.52. The third kappa shape index (κ3) is 9.70. The SMILES string of the molecule is CCCCCCCCOP(=O)(C[C@H]1O[C@@H](OC)[C@H](OCc2ccccc2)[C@H]2OC(C)(C)O[C@H]21)OCc1ccccc1. The molecule has 0 amide bonds. The van der Waals surface area contributed by atoms with Crippen molar-refractivity contribution in [2.24, 2.45) is 0 Å². The second kappa shape index (κ2) is 15.7. The topological polar surface area (TPSA) is 81.7 Å². The van der Waals surface area contributed by atoms with Crippen molar-refractivity contribution < 1.29 is 37.3 Å². The number of hydrogen-bond donors (Lipinski definition) is 0. The van der Waals surface area contributed by atoms with E-state index < -0.39 is 44.1 Å². The molecule has 0 N–H and O–H groups in total. The number of unbranched alkanes of at least 4 members (excludes halogenated alkanes) is 5. The summed E-state index contributed by atoms with van der Waals surface area (Å²) in [6, 6.07) is 19.6. The summed E-state index contributed by atoms with van der Waals surface area (Å²) < 4.78 is 57.4. The van der Waals surface area contributed by atoms with Gasteiger partial charge in [0.15, 0.2) is 12.1 Å². The molecule has 4 rings (SSSR count). The first-order chi connectivity index (χ1) is 19.8. The van der Waals surface area contributed by atoms with E-state index in [-0.39, 0.29) is 12.8 Å². The molecule has 0 spiro atoms. The quantitative estimate of drug-likeness (QED) is 0.141. The standard InChI is InChI=1S/C32H47O8P/c1-5-6-7-8-9-16-21-36-41(33,37-23-26-19-14-11-15-20-26)24-27-28-29(40-32(2,3)39-28)30(31(34-4)38-27)35-22-25-17-12-10-13-18-25/h10-15,17-20,27-31H,5-9,16,21-24H2,1-4H3/t27-,28+,29+,30-,31-,41?/m1/s1. The van der Waals surface area contributed by atoms with Crippen LogP contribution in [0.3, 0.4) is 0 Å². The highest BCUT2D eigenvalue weighted by atomic mass is 31.2. The van der Waals surface area contributed by atoms with Gasteiger partial charge in [-0.05, 0) is 31.4 Å². The van der Waals surface area contributed by atoms with E-state index in [1.165, 1.54) is 19.3 Å². The molecule has 2 aliphatic rings. The average molecular weight is 591 g/mol. The Hall–Kier alpha value is -1.61. The number of benzene rings is 2. The molecule has 0 aromatic heterocycles. The zero-order valence-corrected chi connectivity index (χ0v) is 25.8. The molecular weight excluding hydrogens is 543 g/mol. The van der Waals surface area contributed by atoms with E-state index in [1.807, 2.05) is 74.5 Å². The lowest BCUT2D eigenvalue weighted by Crippen LogP contribution is -2.58. The van der Waals surface area contributed by atoms with Gasteiger partial charge >= 0.3 is 7.60 Å². The largest absolute Gasteiger partial charge is 0.365 e. The van der Waals surface area contributed by atoms with Gasteiger partial charge < -0.3 is 32.7 Å². The smallest absolute Gasteiger partial charge is 0.333 e. The zero-order chi connectivity index (χ0) is 29.1. The highest BCUT2D eigenvalue weighted by molar-refractivity contribution is 7.53. The normalized spacial score (nSPS) is 26.9. The molecule has 2 aliphatic heterocycles. The summed E-state index contributed by atoms with van der Waals surface area (Å²) in [5.74, 6) is -0.873. The minimum absolute atomic E-state index is 0.0154. The molecule has 41 heavy (non-hydrogen) atoms. The fourth-order valence-corrected chi connectivity index (χ4v) is 7.09. The van der Waals surface area contributed by atoms with Crippen LogP contribution in [-0.2, 0) is 50.5 Å². The molecule has 8 nitrogen and oxygen atoms in total. The van der Waals surface area contributed by atoms with Crippen LogP contribution in [0.1, 0.15) is 70.4 Å². The van der Waals surface area contributed by atoms with Crippen LogP contribution < -0.4 is 0 Å². The monoisotopic (exact) mass is 590 g/mol. The summed E-state index contributed by atoms with van der Waals surface area (Å²) >= 11 is 0. The minimum Gasteiger partial charge on any atom is -0.365 e. The molecular formula is C32H47O8P. The van der Waals surface area contributed by atoms with Crippen LogP contribution in [0.4, 0.5) is 0 Å². The molecule has 0 saturated carbocycles. The van der Waals surface area contributed by atoms with E-state index in [4.69, 9.17) is 32.7 Å². The highest BCUT2D eigenvalue weighted by Gasteiger charge is 2.57. The van der Waals surface area contributed by atoms with Crippen molar-refractivity contribution in [3.8, 4) is 0 Å². The van der Waals surface area contributed by atoms with Gasteiger partial charge in [0.25, 0.3) is 0 Å². The van der Waals surface area contributed by atoms with Gasteiger partial charge in [-0.2, -0.15) is 0 Å². The lowest BCUT2D eigenvalue weighted by molar-refractivity contribution is -0.278. The van der Waals surface area contributed by atoms with E-state index >= 15 is 0 Å². The van der Waals surface area contributed by atoms with E-state index in [1.54, 1.807) is 7.11 Å². The Balaban J connectivity index is 1.46. The first-order valence-corrected chi connectivity index (χ1v) is 16.7. The Morgan fingerprint density at radius 2 is 1.41 bits per heavy atom. The Bertz CT molecular complexity index is 1070. The third-order valence-electron chi connectivity index (χ3n) is 7.41. The molecule has 2 aromatic rings. The maximum atomic E-state index is 14.2. The predicted octanol–water partition coefficient (Wildman–Crippen LogP) is 7.25. The average Bonchev–Trinajstić information content (AvgIpc) is 3.31. The number of fused-ring (bicyclic) bond motifs is 1. The summed E-state index contributed by atoms with van der Waals surface area (Å²) in [5.41, 5.74) is 1.95. The number of ether oxygens (including phenoxy) is 5. The van der Waals surface area contributed by atoms with Gasteiger partial charge in [-0.1, -0.05) is 99.7 Å². The molecule has 228 valence electrons. The number of methoxy groups -OCH3 is 1. The summed E-state index contributed by atoms with van der Waals surface area (Å²) in [4.78, 5) is 0. The van der Waals surface area contributed by atoms with Crippen molar-refractivity contribution in [2.45, 2.75) is 109 Å². The molecule has 9 heteroatoms. The Labute approximate surface area is 245 Å². The lowest BCUT2D eigenvalue weighted by atomic mass is 9.99. The molecule has 6 atom stereocenters. The van der Waals surface area contributed by atoms with Crippen LogP contribution in [0.5, 0.6) is 0 Å². The number of rotatable bonds is 17. The Morgan fingerprint density at radius 3 is 2.07 bits per heavy atom. The molecule has 2 saturated heterocycles. The van der Waals surface area contributed by atoms with Gasteiger partial charge in [-0.15, -0.1) is 0 Å². The minimum atomic E-state index is -3.58. The van der Waals surface area contributed by atoms with Crippen molar-refractivity contribution in [1.82, 2.24) is 0 Å². The summed E-state index contributed by atoms with van der Waals surface area (Å²) in [6.45, 7) is 6.82. The lowest BCUT2D eigenvalue weighted by Gasteiger charge is -2.42. The second-order valence-corrected chi connectivity index (χ2v) is 13.4. The van der Waals surface area contributed by atoms with Crippen molar-refractivity contribution in [3.63, 3.8) is 0 Å². The van der Waals surface area contributed by atoms with Crippen LogP contribution >= 0.6 is 7.60 Å². The van der Waals surface area contributed by atoms with E-state index in [9.17, 15) is 4.57 Å². The van der Waals surface area contributed by atoms with Crippen LogP contribution in [0.15, 0.2) is 60.7 Å². The summed E-state index contributed by atoms with van der Waals surface area (Å²) in [6.07, 6.45) is 3.68. The first-order valence-electron chi connectivity index (χ1n) is 14.9. The number of hydrogen-bond acceptors (Lipinski definition) is 8. The van der Waals surface area contributed by atoms with Crippen molar-refractivity contribution in [3.05, 3.63) is 71.8 Å². The van der Waals surface area contributed by atoms with Gasteiger partial charge in [0.2, 0.25) is 0 Å². The van der Waals surface area contributed by atoms with E-state index in [0.29, 0.717) is 13.2 Å². The van der Waals surface area contributed by atoms with Crippen molar-refractivity contribution >= 4 is 7.60 Å². The van der Waals surface area contributed by atoms with Crippen molar-refractivity contribution in [1.29, 1.82) is 0 Å². The maximum Gasteiger partial charge on any atom is 0.333 e. The van der Waals surface area contributed by atoms with Crippen LogP contribution in [0, 0.1) is 0 Å². The van der Waals surface area contributed by atoms with Gasteiger partial charge in [0, 0.05) is 7.11 Å². The fourth-order valence-electron chi connectivity index (χ4n) is 5.31. The van der Waals surface area contributed by atoms with Gasteiger partial charge in [-0.3, -0.25) is 4.57 Å². The Morgan fingerprint density at radius 1 is 0.805 bits per heavy atom. The van der Waals surface area contributed by atoms with Crippen LogP contribution in [0.25, 0.3) is 0 Å². The van der Waals surface area contributed by atoms with Crippen LogP contribution in [0.2, 0.25) is 0 Å². The van der Waals surface area contributed by atoms with Gasteiger partial charge in [-0.25, -0.2) is 0 Å². The van der Waals surface area contributed by atoms with Crippen LogP contribution in [-0.4, -0.2) is 56.4 Å². The molecule has 0 aliphatic carbocycles. The Kier molecular flexibility index (Phi) is 12.4. The molecule has 0 bridgehead atoms. The fraction of sp³-hybridized carbons (Fsp3) is 0.625. The second-order valence-electron chi connectivity index (χ2n) is 11.3.